The monoisotopic (exact) mass is 269 g/mol. The van der Waals surface area contributed by atoms with Gasteiger partial charge in [0.1, 0.15) is 0 Å². The Morgan fingerprint density at radius 1 is 1.11 bits per heavy atom. The zero-order valence-corrected chi connectivity index (χ0v) is 11.7. The molecule has 1 aliphatic rings. The minimum absolute atomic E-state index is 0.0704. The van der Waals surface area contributed by atoms with Gasteiger partial charge in [-0.1, -0.05) is 30.9 Å². The van der Waals surface area contributed by atoms with Crippen LogP contribution < -0.4 is 5.32 Å². The third kappa shape index (κ3) is 2.93. The first-order chi connectivity index (χ1) is 8.59. The lowest BCUT2D eigenvalue weighted by Gasteiger charge is -2.23. The van der Waals surface area contributed by atoms with Crippen molar-refractivity contribution in [3.8, 4) is 0 Å². The average molecular weight is 270 g/mol. The van der Waals surface area contributed by atoms with Crippen LogP contribution in [0.15, 0.2) is 0 Å². The lowest BCUT2D eigenvalue weighted by atomic mass is 10.1. The molecule has 2 unspecified atom stereocenters. The number of aliphatic hydroxyl groups is 1. The first kappa shape index (κ1) is 13.6. The molecule has 1 aliphatic carbocycles. The second kappa shape index (κ2) is 5.85. The number of halogens is 1. The number of hydrogen-bond donors (Lipinski definition) is 2. The first-order valence-electron chi connectivity index (χ1n) is 6.53. The molecule has 4 nitrogen and oxygen atoms in total. The summed E-state index contributed by atoms with van der Waals surface area (Å²) in [6.07, 6.45) is 4.97. The SMILES string of the molecule is Cc1c(Cl)nnc(NC2CCCCCC2O)c1C. The van der Waals surface area contributed by atoms with E-state index in [0.717, 1.165) is 42.6 Å². The zero-order valence-electron chi connectivity index (χ0n) is 10.9. The Hall–Kier alpha value is -0.870. The number of nitrogens with one attached hydrogen (secondary N) is 1. The summed E-state index contributed by atoms with van der Waals surface area (Å²) in [6.45, 7) is 3.91. The maximum absolute atomic E-state index is 10.1. The summed E-state index contributed by atoms with van der Waals surface area (Å²) < 4.78 is 0. The summed E-state index contributed by atoms with van der Waals surface area (Å²) in [5.74, 6) is 0.739. The van der Waals surface area contributed by atoms with Crippen LogP contribution in [0.1, 0.15) is 43.2 Å². The van der Waals surface area contributed by atoms with Gasteiger partial charge in [-0.3, -0.25) is 0 Å². The van der Waals surface area contributed by atoms with E-state index in [-0.39, 0.29) is 12.1 Å². The van der Waals surface area contributed by atoms with Gasteiger partial charge < -0.3 is 10.4 Å². The Balaban J connectivity index is 2.15. The smallest absolute Gasteiger partial charge is 0.155 e. The fourth-order valence-electron chi connectivity index (χ4n) is 2.35. The van der Waals surface area contributed by atoms with E-state index in [1.165, 1.54) is 6.42 Å². The molecule has 0 aliphatic heterocycles. The molecule has 0 amide bonds. The topological polar surface area (TPSA) is 58.0 Å². The fourth-order valence-corrected chi connectivity index (χ4v) is 2.52. The average Bonchev–Trinajstić information content (AvgIpc) is 2.56. The number of hydrogen-bond acceptors (Lipinski definition) is 4. The van der Waals surface area contributed by atoms with Gasteiger partial charge in [-0.15, -0.1) is 10.2 Å². The highest BCUT2D eigenvalue weighted by atomic mass is 35.5. The number of nitrogens with zero attached hydrogens (tertiary/aromatic N) is 2. The van der Waals surface area contributed by atoms with Crippen molar-refractivity contribution in [2.75, 3.05) is 5.32 Å². The van der Waals surface area contributed by atoms with E-state index < -0.39 is 0 Å². The summed E-state index contributed by atoms with van der Waals surface area (Å²) in [6, 6.07) is 0.0704. The first-order valence-corrected chi connectivity index (χ1v) is 6.91. The normalized spacial score (nSPS) is 24.7. The second-order valence-corrected chi connectivity index (χ2v) is 5.40. The molecule has 0 spiro atoms. The van der Waals surface area contributed by atoms with Gasteiger partial charge in [0.15, 0.2) is 11.0 Å². The predicted octanol–water partition coefficient (Wildman–Crippen LogP) is 2.85. The van der Waals surface area contributed by atoms with Crippen LogP contribution in [-0.2, 0) is 0 Å². The van der Waals surface area contributed by atoms with Gasteiger partial charge in [0.05, 0.1) is 12.1 Å². The standard InChI is InChI=1S/C13H20ClN3O/c1-8-9(2)13(17-16-12(8)14)15-10-6-4-3-5-7-11(10)18/h10-11,18H,3-7H2,1-2H3,(H,15,17). The molecule has 1 fully saturated rings. The Morgan fingerprint density at radius 2 is 1.83 bits per heavy atom. The fraction of sp³-hybridized carbons (Fsp3) is 0.692. The molecule has 1 aromatic rings. The molecule has 2 atom stereocenters. The lowest BCUT2D eigenvalue weighted by molar-refractivity contribution is 0.144. The van der Waals surface area contributed by atoms with Crippen molar-refractivity contribution in [3.63, 3.8) is 0 Å². The van der Waals surface area contributed by atoms with Gasteiger partial charge in [-0.25, -0.2) is 0 Å². The molecule has 1 saturated carbocycles. The summed E-state index contributed by atoms with van der Waals surface area (Å²) in [5, 5.41) is 21.9. The minimum atomic E-state index is -0.301. The van der Waals surface area contributed by atoms with Crippen LogP contribution in [-0.4, -0.2) is 27.4 Å². The van der Waals surface area contributed by atoms with Gasteiger partial charge in [-0.05, 0) is 37.8 Å². The molecule has 0 radical (unpaired) electrons. The molecule has 0 bridgehead atoms. The van der Waals surface area contributed by atoms with E-state index in [9.17, 15) is 5.11 Å². The van der Waals surface area contributed by atoms with Crippen LogP contribution in [0.5, 0.6) is 0 Å². The Labute approximate surface area is 113 Å². The molecule has 0 aromatic carbocycles. The van der Waals surface area contributed by atoms with Crippen molar-refractivity contribution in [2.45, 2.75) is 58.1 Å². The maximum atomic E-state index is 10.1. The van der Waals surface area contributed by atoms with E-state index in [1.54, 1.807) is 0 Å². The third-order valence-corrected chi connectivity index (χ3v) is 4.13. The Kier molecular flexibility index (Phi) is 4.40. The van der Waals surface area contributed by atoms with E-state index in [0.29, 0.717) is 5.15 Å². The highest BCUT2D eigenvalue weighted by molar-refractivity contribution is 6.30. The van der Waals surface area contributed by atoms with E-state index in [1.807, 2.05) is 13.8 Å². The number of anilines is 1. The third-order valence-electron chi connectivity index (χ3n) is 3.77. The summed E-state index contributed by atoms with van der Waals surface area (Å²) in [7, 11) is 0. The molecule has 18 heavy (non-hydrogen) atoms. The highest BCUT2D eigenvalue weighted by Crippen LogP contribution is 2.25. The zero-order chi connectivity index (χ0) is 13.1. The van der Waals surface area contributed by atoms with Gasteiger partial charge in [-0.2, -0.15) is 0 Å². The van der Waals surface area contributed by atoms with Crippen molar-refractivity contribution in [2.24, 2.45) is 0 Å². The molecule has 2 N–H and O–H groups in total. The molecule has 100 valence electrons. The van der Waals surface area contributed by atoms with Crippen molar-refractivity contribution in [1.29, 1.82) is 0 Å². The molecular weight excluding hydrogens is 250 g/mol. The molecule has 5 heteroatoms. The Morgan fingerprint density at radius 3 is 2.61 bits per heavy atom. The van der Waals surface area contributed by atoms with Crippen LogP contribution in [0.4, 0.5) is 5.82 Å². The molecule has 1 aromatic heterocycles. The summed E-state index contributed by atoms with van der Waals surface area (Å²) in [5.41, 5.74) is 1.95. The summed E-state index contributed by atoms with van der Waals surface area (Å²) >= 11 is 5.93. The van der Waals surface area contributed by atoms with Crippen molar-refractivity contribution >= 4 is 17.4 Å². The lowest BCUT2D eigenvalue weighted by Crippen LogP contribution is -2.33. The largest absolute Gasteiger partial charge is 0.391 e. The van der Waals surface area contributed by atoms with Crippen molar-refractivity contribution in [1.82, 2.24) is 10.2 Å². The highest BCUT2D eigenvalue weighted by Gasteiger charge is 2.22. The van der Waals surface area contributed by atoms with Gasteiger partial charge in [0.2, 0.25) is 0 Å². The van der Waals surface area contributed by atoms with Crippen molar-refractivity contribution in [3.05, 3.63) is 16.3 Å². The molecule has 2 rings (SSSR count). The number of aliphatic hydroxyl groups excluding tert-OH is 1. The van der Waals surface area contributed by atoms with Crippen LogP contribution in [0.3, 0.4) is 0 Å². The summed E-state index contributed by atoms with van der Waals surface area (Å²) in [4.78, 5) is 0. The number of aromatic nitrogens is 2. The molecule has 0 saturated heterocycles. The van der Waals surface area contributed by atoms with Gasteiger partial charge in [0, 0.05) is 0 Å². The molecule has 1 heterocycles. The van der Waals surface area contributed by atoms with Crippen molar-refractivity contribution < 1.29 is 5.11 Å². The Bertz CT molecular complexity index is 425. The molecular formula is C13H20ClN3O. The quantitative estimate of drug-likeness (QED) is 0.811. The van der Waals surface area contributed by atoms with E-state index in [2.05, 4.69) is 15.5 Å². The van der Waals surface area contributed by atoms with E-state index >= 15 is 0 Å². The van der Waals surface area contributed by atoms with Crippen LogP contribution in [0, 0.1) is 13.8 Å². The maximum Gasteiger partial charge on any atom is 0.155 e. The second-order valence-electron chi connectivity index (χ2n) is 5.05. The predicted molar refractivity (Wildman–Crippen MR) is 73.0 cm³/mol. The van der Waals surface area contributed by atoms with Gasteiger partial charge in [0.25, 0.3) is 0 Å². The van der Waals surface area contributed by atoms with Crippen LogP contribution >= 0.6 is 11.6 Å². The van der Waals surface area contributed by atoms with Crippen LogP contribution in [0.2, 0.25) is 5.15 Å². The van der Waals surface area contributed by atoms with Crippen LogP contribution in [0.25, 0.3) is 0 Å². The van der Waals surface area contributed by atoms with E-state index in [4.69, 9.17) is 11.6 Å². The number of rotatable bonds is 2. The minimum Gasteiger partial charge on any atom is -0.391 e. The van der Waals surface area contributed by atoms with Gasteiger partial charge >= 0.3 is 0 Å².